The second-order valence-electron chi connectivity index (χ2n) is 6.13. The summed E-state index contributed by atoms with van der Waals surface area (Å²) in [6, 6.07) is 3.47. The van der Waals surface area contributed by atoms with Gasteiger partial charge in [-0.3, -0.25) is 9.69 Å². The van der Waals surface area contributed by atoms with Crippen LogP contribution in [-0.4, -0.2) is 61.7 Å². The Hall–Kier alpha value is -1.66. The fraction of sp³-hybridized carbons (Fsp3) is 0.625. The van der Waals surface area contributed by atoms with Gasteiger partial charge in [0.15, 0.2) is 0 Å². The topological polar surface area (TPSA) is 71.7 Å². The fourth-order valence-corrected chi connectivity index (χ4v) is 3.32. The first-order valence-electron chi connectivity index (χ1n) is 8.03. The molecule has 1 amide bonds. The van der Waals surface area contributed by atoms with Gasteiger partial charge in [0.25, 0.3) is 0 Å². The SMILES string of the molecule is NC(=O)c1ccnc(N2CCC[C@H](CN3CCOCC3)C2)c1. The van der Waals surface area contributed by atoms with Crippen molar-refractivity contribution in [2.45, 2.75) is 12.8 Å². The first kappa shape index (κ1) is 15.2. The number of carbonyl (C=O) groups is 1. The highest BCUT2D eigenvalue weighted by Crippen LogP contribution is 2.23. The minimum Gasteiger partial charge on any atom is -0.379 e. The zero-order valence-corrected chi connectivity index (χ0v) is 12.9. The van der Waals surface area contributed by atoms with E-state index in [9.17, 15) is 4.79 Å². The van der Waals surface area contributed by atoms with Crippen molar-refractivity contribution in [2.24, 2.45) is 11.7 Å². The maximum atomic E-state index is 11.3. The number of ether oxygens (including phenoxy) is 1. The standard InChI is InChI=1S/C16H24N4O2/c17-16(21)14-3-4-18-15(10-14)20-5-1-2-13(12-20)11-19-6-8-22-9-7-19/h3-4,10,13H,1-2,5-9,11-12H2,(H2,17,21)/t13-/m1/s1. The molecule has 6 nitrogen and oxygen atoms in total. The average Bonchev–Trinajstić information content (AvgIpc) is 2.56. The predicted molar refractivity (Wildman–Crippen MR) is 85.0 cm³/mol. The van der Waals surface area contributed by atoms with Gasteiger partial charge in [0, 0.05) is 44.5 Å². The van der Waals surface area contributed by atoms with Crippen molar-refractivity contribution in [3.8, 4) is 0 Å². The van der Waals surface area contributed by atoms with Crippen LogP contribution in [0.4, 0.5) is 5.82 Å². The number of rotatable bonds is 4. The van der Waals surface area contributed by atoms with E-state index in [2.05, 4.69) is 14.8 Å². The molecule has 120 valence electrons. The van der Waals surface area contributed by atoms with Crippen LogP contribution in [0.2, 0.25) is 0 Å². The molecule has 2 N–H and O–H groups in total. The Labute approximate surface area is 131 Å². The van der Waals surface area contributed by atoms with Gasteiger partial charge in [0.1, 0.15) is 5.82 Å². The molecule has 1 atom stereocenters. The third-order valence-electron chi connectivity index (χ3n) is 4.49. The van der Waals surface area contributed by atoms with Crippen molar-refractivity contribution in [1.82, 2.24) is 9.88 Å². The van der Waals surface area contributed by atoms with Crippen LogP contribution >= 0.6 is 0 Å². The molecule has 0 aromatic carbocycles. The van der Waals surface area contributed by atoms with E-state index in [0.29, 0.717) is 11.5 Å². The second kappa shape index (κ2) is 7.07. The molecule has 2 aliphatic rings. The second-order valence-corrected chi connectivity index (χ2v) is 6.13. The molecular formula is C16H24N4O2. The molecule has 1 aromatic heterocycles. The molecule has 0 bridgehead atoms. The Bertz CT molecular complexity index is 517. The molecule has 0 aliphatic carbocycles. The van der Waals surface area contributed by atoms with Gasteiger partial charge < -0.3 is 15.4 Å². The third kappa shape index (κ3) is 3.75. The molecule has 0 spiro atoms. The molecular weight excluding hydrogens is 280 g/mol. The van der Waals surface area contributed by atoms with Gasteiger partial charge in [0.2, 0.25) is 5.91 Å². The summed E-state index contributed by atoms with van der Waals surface area (Å²) >= 11 is 0. The number of carbonyl (C=O) groups excluding carboxylic acids is 1. The van der Waals surface area contributed by atoms with Gasteiger partial charge in [-0.05, 0) is 30.9 Å². The quantitative estimate of drug-likeness (QED) is 0.888. The lowest BCUT2D eigenvalue weighted by molar-refractivity contribution is 0.0296. The Morgan fingerprint density at radius 2 is 2.18 bits per heavy atom. The van der Waals surface area contributed by atoms with Crippen molar-refractivity contribution < 1.29 is 9.53 Å². The summed E-state index contributed by atoms with van der Waals surface area (Å²) in [5.41, 5.74) is 5.89. The summed E-state index contributed by atoms with van der Waals surface area (Å²) in [5, 5.41) is 0. The molecule has 2 fully saturated rings. The first-order chi connectivity index (χ1) is 10.7. The highest BCUT2D eigenvalue weighted by molar-refractivity contribution is 5.93. The Morgan fingerprint density at radius 1 is 1.36 bits per heavy atom. The largest absolute Gasteiger partial charge is 0.379 e. The number of piperidine rings is 1. The van der Waals surface area contributed by atoms with Crippen LogP contribution in [0.3, 0.4) is 0 Å². The first-order valence-corrected chi connectivity index (χ1v) is 8.03. The highest BCUT2D eigenvalue weighted by atomic mass is 16.5. The van der Waals surface area contributed by atoms with Gasteiger partial charge in [-0.2, -0.15) is 0 Å². The van der Waals surface area contributed by atoms with E-state index in [0.717, 1.165) is 58.2 Å². The van der Waals surface area contributed by atoms with Gasteiger partial charge in [-0.25, -0.2) is 4.98 Å². The number of aromatic nitrogens is 1. The van der Waals surface area contributed by atoms with Gasteiger partial charge in [-0.15, -0.1) is 0 Å². The average molecular weight is 304 g/mol. The van der Waals surface area contributed by atoms with Gasteiger partial charge in [-0.1, -0.05) is 0 Å². The van der Waals surface area contributed by atoms with Crippen LogP contribution in [0.5, 0.6) is 0 Å². The number of hydrogen-bond acceptors (Lipinski definition) is 5. The molecule has 0 radical (unpaired) electrons. The molecule has 0 saturated carbocycles. The Morgan fingerprint density at radius 3 is 2.95 bits per heavy atom. The van der Waals surface area contributed by atoms with E-state index >= 15 is 0 Å². The molecule has 2 saturated heterocycles. The number of nitrogens with zero attached hydrogens (tertiary/aromatic N) is 3. The lowest BCUT2D eigenvalue weighted by Gasteiger charge is -2.37. The van der Waals surface area contributed by atoms with Crippen molar-refractivity contribution >= 4 is 11.7 Å². The number of primary amides is 1. The van der Waals surface area contributed by atoms with Crippen molar-refractivity contribution in [3.05, 3.63) is 23.9 Å². The van der Waals surface area contributed by atoms with E-state index in [-0.39, 0.29) is 0 Å². The number of amides is 1. The monoisotopic (exact) mass is 304 g/mol. The fourth-order valence-electron chi connectivity index (χ4n) is 3.32. The predicted octanol–water partition coefficient (Wildman–Crippen LogP) is 0.729. The molecule has 1 aromatic rings. The normalized spacial score (nSPS) is 23.5. The molecule has 6 heteroatoms. The number of nitrogens with two attached hydrogens (primary N) is 1. The van der Waals surface area contributed by atoms with Crippen LogP contribution in [0, 0.1) is 5.92 Å². The molecule has 22 heavy (non-hydrogen) atoms. The summed E-state index contributed by atoms with van der Waals surface area (Å²) in [6.45, 7) is 6.87. The maximum Gasteiger partial charge on any atom is 0.248 e. The number of anilines is 1. The Kier molecular flexibility index (Phi) is 4.90. The maximum absolute atomic E-state index is 11.3. The smallest absolute Gasteiger partial charge is 0.248 e. The van der Waals surface area contributed by atoms with E-state index in [1.165, 1.54) is 6.42 Å². The number of pyridine rings is 1. The summed E-state index contributed by atoms with van der Waals surface area (Å²) in [5.74, 6) is 1.11. The summed E-state index contributed by atoms with van der Waals surface area (Å²) in [4.78, 5) is 20.5. The van der Waals surface area contributed by atoms with Crippen LogP contribution in [0.1, 0.15) is 23.2 Å². The highest BCUT2D eigenvalue weighted by Gasteiger charge is 2.24. The van der Waals surface area contributed by atoms with Crippen LogP contribution in [0.25, 0.3) is 0 Å². The van der Waals surface area contributed by atoms with Crippen molar-refractivity contribution in [2.75, 3.05) is 50.8 Å². The van der Waals surface area contributed by atoms with Crippen LogP contribution in [0.15, 0.2) is 18.3 Å². The van der Waals surface area contributed by atoms with E-state index in [1.54, 1.807) is 18.3 Å². The molecule has 0 unspecified atom stereocenters. The molecule has 3 heterocycles. The van der Waals surface area contributed by atoms with Crippen molar-refractivity contribution in [3.63, 3.8) is 0 Å². The molecule has 2 aliphatic heterocycles. The summed E-state index contributed by atoms with van der Waals surface area (Å²) in [7, 11) is 0. The van der Waals surface area contributed by atoms with E-state index in [1.807, 2.05) is 0 Å². The lowest BCUT2D eigenvalue weighted by atomic mass is 9.97. The van der Waals surface area contributed by atoms with Gasteiger partial charge in [0.05, 0.1) is 13.2 Å². The lowest BCUT2D eigenvalue weighted by Crippen LogP contribution is -2.44. The molecule has 3 rings (SSSR count). The zero-order chi connectivity index (χ0) is 15.4. The minimum atomic E-state index is -0.398. The number of hydrogen-bond donors (Lipinski definition) is 1. The number of morpholine rings is 1. The van der Waals surface area contributed by atoms with Gasteiger partial charge >= 0.3 is 0 Å². The van der Waals surface area contributed by atoms with Crippen LogP contribution in [-0.2, 0) is 4.74 Å². The zero-order valence-electron chi connectivity index (χ0n) is 12.9. The Balaban J connectivity index is 1.62. The minimum absolute atomic E-state index is 0.398. The van der Waals surface area contributed by atoms with Crippen molar-refractivity contribution in [1.29, 1.82) is 0 Å². The van der Waals surface area contributed by atoms with Crippen LogP contribution < -0.4 is 10.6 Å². The van der Waals surface area contributed by atoms with E-state index in [4.69, 9.17) is 10.5 Å². The summed E-state index contributed by atoms with van der Waals surface area (Å²) < 4.78 is 5.41. The third-order valence-corrected chi connectivity index (χ3v) is 4.49. The van der Waals surface area contributed by atoms with E-state index < -0.39 is 5.91 Å². The summed E-state index contributed by atoms with van der Waals surface area (Å²) in [6.07, 6.45) is 4.09.